The Kier molecular flexibility index (Phi) is 4.33. The number of hydrogen-bond donors (Lipinski definition) is 1. The minimum atomic E-state index is -0.592. The summed E-state index contributed by atoms with van der Waals surface area (Å²) in [7, 11) is 1.83. The number of fused-ring (bicyclic) bond motifs is 1. The number of hydrogen-bond acceptors (Lipinski definition) is 6. The number of aromatic nitrogens is 4. The molecule has 0 bridgehead atoms. The van der Waals surface area contributed by atoms with Crippen LogP contribution >= 0.6 is 23.1 Å². The van der Waals surface area contributed by atoms with Gasteiger partial charge in [-0.15, -0.1) is 21.5 Å². The van der Waals surface area contributed by atoms with Crippen LogP contribution in [0.1, 0.15) is 5.56 Å². The van der Waals surface area contributed by atoms with Gasteiger partial charge in [-0.1, -0.05) is 17.8 Å². The van der Waals surface area contributed by atoms with E-state index in [-0.39, 0.29) is 0 Å². The highest BCUT2D eigenvalue weighted by atomic mass is 32.2. The molecule has 0 aliphatic carbocycles. The molecule has 3 heterocycles. The molecular weight excluding hydrogens is 376 g/mol. The number of halogens is 2. The van der Waals surface area contributed by atoms with Crippen molar-refractivity contribution in [1.82, 2.24) is 19.7 Å². The molecule has 0 spiro atoms. The number of pyridine rings is 1. The SMILES string of the molecule is Cn1c(SCc2ccc(F)cc2F)nnc1-c1sc2ncccc2c1N. The molecule has 5 nitrogen and oxygen atoms in total. The van der Waals surface area contributed by atoms with Crippen molar-refractivity contribution in [3.8, 4) is 10.7 Å². The number of thiophene rings is 1. The summed E-state index contributed by atoms with van der Waals surface area (Å²) in [6.45, 7) is 0. The van der Waals surface area contributed by atoms with Gasteiger partial charge in [0.15, 0.2) is 11.0 Å². The quantitative estimate of drug-likeness (QED) is 0.529. The lowest BCUT2D eigenvalue weighted by molar-refractivity contribution is 0.576. The van der Waals surface area contributed by atoms with E-state index in [1.165, 1.54) is 35.2 Å². The van der Waals surface area contributed by atoms with Crippen molar-refractivity contribution in [2.24, 2.45) is 7.05 Å². The van der Waals surface area contributed by atoms with E-state index in [4.69, 9.17) is 5.73 Å². The van der Waals surface area contributed by atoms with Crippen molar-refractivity contribution in [2.75, 3.05) is 5.73 Å². The average molecular weight is 389 g/mol. The third kappa shape index (κ3) is 2.93. The Labute approximate surface area is 155 Å². The molecule has 3 aromatic heterocycles. The van der Waals surface area contributed by atoms with E-state index < -0.39 is 11.6 Å². The molecular formula is C17H13F2N5S2. The van der Waals surface area contributed by atoms with Gasteiger partial charge in [-0.05, 0) is 23.8 Å². The summed E-state index contributed by atoms with van der Waals surface area (Å²) in [6.07, 6.45) is 1.72. The van der Waals surface area contributed by atoms with Crippen molar-refractivity contribution < 1.29 is 8.78 Å². The molecule has 0 atom stereocenters. The minimum Gasteiger partial charge on any atom is -0.397 e. The highest BCUT2D eigenvalue weighted by Crippen LogP contribution is 2.39. The van der Waals surface area contributed by atoms with Gasteiger partial charge in [-0.25, -0.2) is 13.8 Å². The number of anilines is 1. The van der Waals surface area contributed by atoms with Crippen LogP contribution in [0.15, 0.2) is 41.7 Å². The molecule has 2 N–H and O–H groups in total. The Balaban J connectivity index is 1.62. The maximum absolute atomic E-state index is 13.8. The van der Waals surface area contributed by atoms with E-state index in [9.17, 15) is 8.78 Å². The predicted octanol–water partition coefficient (Wildman–Crippen LogP) is 4.24. The van der Waals surface area contributed by atoms with Crippen molar-refractivity contribution in [2.45, 2.75) is 10.9 Å². The zero-order valence-electron chi connectivity index (χ0n) is 13.6. The van der Waals surface area contributed by atoms with Gasteiger partial charge < -0.3 is 10.3 Å². The van der Waals surface area contributed by atoms with E-state index >= 15 is 0 Å². The van der Waals surface area contributed by atoms with Crippen LogP contribution in [0.4, 0.5) is 14.5 Å². The molecule has 0 radical (unpaired) electrons. The molecule has 0 saturated carbocycles. The third-order valence-electron chi connectivity index (χ3n) is 3.91. The van der Waals surface area contributed by atoms with Gasteiger partial charge in [0.25, 0.3) is 0 Å². The molecule has 4 aromatic rings. The molecule has 0 amide bonds. The summed E-state index contributed by atoms with van der Waals surface area (Å²) in [5, 5.41) is 9.91. The fourth-order valence-corrected chi connectivity index (χ4v) is 4.52. The van der Waals surface area contributed by atoms with Crippen molar-refractivity contribution in [3.05, 3.63) is 53.7 Å². The Hall–Kier alpha value is -2.52. The van der Waals surface area contributed by atoms with Crippen LogP contribution in [0, 0.1) is 11.6 Å². The molecule has 0 unspecified atom stereocenters. The Bertz CT molecular complexity index is 1110. The minimum absolute atomic E-state index is 0.321. The maximum Gasteiger partial charge on any atom is 0.191 e. The molecule has 0 aliphatic heterocycles. The zero-order valence-corrected chi connectivity index (χ0v) is 15.2. The maximum atomic E-state index is 13.8. The van der Waals surface area contributed by atoms with Gasteiger partial charge in [0.2, 0.25) is 0 Å². The molecule has 26 heavy (non-hydrogen) atoms. The van der Waals surface area contributed by atoms with Gasteiger partial charge in [-0.2, -0.15) is 0 Å². The van der Waals surface area contributed by atoms with Crippen molar-refractivity contribution in [3.63, 3.8) is 0 Å². The molecule has 0 fully saturated rings. The van der Waals surface area contributed by atoms with Crippen LogP contribution < -0.4 is 5.73 Å². The van der Waals surface area contributed by atoms with Crippen LogP contribution in [-0.4, -0.2) is 19.7 Å². The van der Waals surface area contributed by atoms with Crippen molar-refractivity contribution >= 4 is 39.0 Å². The molecule has 1 aromatic carbocycles. The van der Waals surface area contributed by atoms with E-state index in [0.717, 1.165) is 21.2 Å². The van der Waals surface area contributed by atoms with Gasteiger partial charge in [0.1, 0.15) is 16.5 Å². The molecule has 4 rings (SSSR count). The van der Waals surface area contributed by atoms with Gasteiger partial charge in [0, 0.05) is 30.4 Å². The van der Waals surface area contributed by atoms with Gasteiger partial charge >= 0.3 is 0 Å². The topological polar surface area (TPSA) is 69.6 Å². The lowest BCUT2D eigenvalue weighted by Crippen LogP contribution is -1.96. The number of thioether (sulfide) groups is 1. The molecule has 0 aliphatic rings. The predicted molar refractivity (Wildman–Crippen MR) is 99.9 cm³/mol. The first-order valence-electron chi connectivity index (χ1n) is 7.64. The first-order valence-corrected chi connectivity index (χ1v) is 9.44. The third-order valence-corrected chi connectivity index (χ3v) is 6.11. The van der Waals surface area contributed by atoms with Crippen LogP contribution in [0.3, 0.4) is 0 Å². The number of benzene rings is 1. The standard InChI is InChI=1S/C17H13F2N5S2/c1-24-15(14-13(20)11-3-2-6-21-16(11)26-14)22-23-17(24)25-8-9-4-5-10(18)7-12(9)19/h2-7H,8,20H2,1H3. The van der Waals surface area contributed by atoms with Crippen LogP contribution in [0.2, 0.25) is 0 Å². The van der Waals surface area contributed by atoms with Crippen LogP contribution in [-0.2, 0) is 12.8 Å². The van der Waals surface area contributed by atoms with Gasteiger partial charge in [0.05, 0.1) is 10.6 Å². The highest BCUT2D eigenvalue weighted by Gasteiger charge is 2.19. The van der Waals surface area contributed by atoms with Crippen LogP contribution in [0.5, 0.6) is 0 Å². The zero-order chi connectivity index (χ0) is 18.3. The van der Waals surface area contributed by atoms with E-state index in [2.05, 4.69) is 15.2 Å². The van der Waals surface area contributed by atoms with E-state index in [1.807, 2.05) is 23.7 Å². The van der Waals surface area contributed by atoms with E-state index in [0.29, 0.717) is 28.0 Å². The molecule has 132 valence electrons. The number of nitrogens with zero attached hydrogens (tertiary/aromatic N) is 4. The van der Waals surface area contributed by atoms with E-state index in [1.54, 1.807) is 6.20 Å². The fourth-order valence-electron chi connectivity index (χ4n) is 2.54. The Morgan fingerprint density at radius 1 is 1.23 bits per heavy atom. The summed E-state index contributed by atoms with van der Waals surface area (Å²) in [6, 6.07) is 7.31. The Morgan fingerprint density at radius 3 is 2.85 bits per heavy atom. The summed E-state index contributed by atoms with van der Waals surface area (Å²) in [5.41, 5.74) is 7.27. The first kappa shape index (κ1) is 16.9. The summed E-state index contributed by atoms with van der Waals surface area (Å²) < 4.78 is 28.6. The largest absolute Gasteiger partial charge is 0.397 e. The smallest absolute Gasteiger partial charge is 0.191 e. The first-order chi connectivity index (χ1) is 12.5. The summed E-state index contributed by atoms with van der Waals surface area (Å²) in [5.74, 6) is -0.208. The fraction of sp³-hybridized carbons (Fsp3) is 0.118. The molecule has 9 heteroatoms. The lowest BCUT2D eigenvalue weighted by atomic mass is 10.2. The van der Waals surface area contributed by atoms with Crippen LogP contribution in [0.25, 0.3) is 20.9 Å². The Morgan fingerprint density at radius 2 is 2.08 bits per heavy atom. The second-order valence-electron chi connectivity index (χ2n) is 5.59. The second kappa shape index (κ2) is 6.65. The number of nitrogens with two attached hydrogens (primary N) is 1. The summed E-state index contributed by atoms with van der Waals surface area (Å²) >= 11 is 2.78. The lowest BCUT2D eigenvalue weighted by Gasteiger charge is -2.04. The number of nitrogen functional groups attached to an aromatic ring is 1. The highest BCUT2D eigenvalue weighted by molar-refractivity contribution is 7.98. The summed E-state index contributed by atoms with van der Waals surface area (Å²) in [4.78, 5) is 5.96. The average Bonchev–Trinajstić information content (AvgIpc) is 3.15. The van der Waals surface area contributed by atoms with Gasteiger partial charge in [-0.3, -0.25) is 0 Å². The number of rotatable bonds is 4. The monoisotopic (exact) mass is 389 g/mol. The van der Waals surface area contributed by atoms with Crippen molar-refractivity contribution in [1.29, 1.82) is 0 Å². The second-order valence-corrected chi connectivity index (χ2v) is 7.53. The normalized spacial score (nSPS) is 11.3. The molecule has 0 saturated heterocycles.